The second kappa shape index (κ2) is 6.31. The fourth-order valence-electron chi connectivity index (χ4n) is 2.43. The number of hydrogen-bond acceptors (Lipinski definition) is 4. The molecule has 0 saturated heterocycles. The van der Waals surface area contributed by atoms with Crippen LogP contribution in [0.2, 0.25) is 0 Å². The molecule has 0 aliphatic heterocycles. The quantitative estimate of drug-likeness (QED) is 0.765. The minimum absolute atomic E-state index is 0.00683. The molecule has 128 valence electrons. The van der Waals surface area contributed by atoms with Crippen LogP contribution in [0.1, 0.15) is 16.1 Å². The molecule has 0 unspecified atom stereocenters. The van der Waals surface area contributed by atoms with Gasteiger partial charge in [-0.25, -0.2) is 13.8 Å². The third kappa shape index (κ3) is 3.18. The molecule has 1 aromatic carbocycles. The molecule has 2 heterocycles. The van der Waals surface area contributed by atoms with Crippen molar-refractivity contribution >= 4 is 11.6 Å². The van der Waals surface area contributed by atoms with Gasteiger partial charge in [-0.3, -0.25) is 9.48 Å². The summed E-state index contributed by atoms with van der Waals surface area (Å²) in [7, 11) is 1.63. The molecule has 0 aliphatic rings. The standard InChI is InChI=1S/C17H14F2N4O2/c1-9-6-15(24)20-8-10(9)14-7-13(22-23(14)2)17(25)21-16-11(18)4-3-5-12(16)19/h3-8H,1-2H3,(H,20,24)(H,21,25). The Morgan fingerprint density at radius 2 is 1.92 bits per heavy atom. The van der Waals surface area contributed by atoms with Gasteiger partial charge in [0.15, 0.2) is 5.69 Å². The first-order valence-electron chi connectivity index (χ1n) is 7.32. The predicted octanol–water partition coefficient (Wildman–Crippen LogP) is 3.03. The number of halogens is 2. The Kier molecular flexibility index (Phi) is 4.18. The number of carbonyl (C=O) groups is 1. The number of amides is 1. The highest BCUT2D eigenvalue weighted by Crippen LogP contribution is 2.25. The summed E-state index contributed by atoms with van der Waals surface area (Å²) >= 11 is 0. The molecule has 0 atom stereocenters. The zero-order valence-electron chi connectivity index (χ0n) is 13.4. The van der Waals surface area contributed by atoms with Crippen LogP contribution in [0.3, 0.4) is 0 Å². The maximum atomic E-state index is 13.7. The largest absolute Gasteiger partial charge is 0.493 e. The number of nitrogens with zero attached hydrogens (tertiary/aromatic N) is 3. The summed E-state index contributed by atoms with van der Waals surface area (Å²) < 4.78 is 28.8. The van der Waals surface area contributed by atoms with Gasteiger partial charge in [0.05, 0.1) is 5.69 Å². The van der Waals surface area contributed by atoms with Crippen molar-refractivity contribution in [1.29, 1.82) is 0 Å². The summed E-state index contributed by atoms with van der Waals surface area (Å²) in [4.78, 5) is 16.1. The topological polar surface area (TPSA) is 80.0 Å². The molecule has 3 aromatic rings. The molecule has 0 bridgehead atoms. The number of rotatable bonds is 3. The van der Waals surface area contributed by atoms with Crippen LogP contribution >= 0.6 is 0 Å². The van der Waals surface area contributed by atoms with Crippen molar-refractivity contribution in [3.05, 3.63) is 59.4 Å². The molecule has 0 aliphatic carbocycles. The Balaban J connectivity index is 1.93. The first kappa shape index (κ1) is 16.6. The van der Waals surface area contributed by atoms with Gasteiger partial charge in [0.1, 0.15) is 17.3 Å². The number of aromatic nitrogens is 3. The molecule has 2 N–H and O–H groups in total. The first-order valence-corrected chi connectivity index (χ1v) is 7.32. The van der Waals surface area contributed by atoms with Gasteiger partial charge in [0, 0.05) is 24.9 Å². The van der Waals surface area contributed by atoms with E-state index in [0.717, 1.165) is 17.7 Å². The summed E-state index contributed by atoms with van der Waals surface area (Å²) in [6.07, 6.45) is 1.46. The average Bonchev–Trinajstić information content (AvgIpc) is 2.93. The van der Waals surface area contributed by atoms with E-state index >= 15 is 0 Å². The van der Waals surface area contributed by atoms with E-state index in [0.29, 0.717) is 11.3 Å². The van der Waals surface area contributed by atoms with Crippen molar-refractivity contribution < 1.29 is 18.7 Å². The monoisotopic (exact) mass is 344 g/mol. The molecule has 2 aromatic heterocycles. The van der Waals surface area contributed by atoms with E-state index in [1.165, 1.54) is 29.1 Å². The number of carbonyl (C=O) groups excluding carboxylic acids is 1. The normalized spacial score (nSPS) is 10.7. The molecule has 0 spiro atoms. The van der Waals surface area contributed by atoms with Gasteiger partial charge in [-0.05, 0) is 30.7 Å². The zero-order chi connectivity index (χ0) is 18.1. The molecule has 25 heavy (non-hydrogen) atoms. The Morgan fingerprint density at radius 3 is 2.56 bits per heavy atom. The van der Waals surface area contributed by atoms with Crippen LogP contribution < -0.4 is 5.32 Å². The highest BCUT2D eigenvalue weighted by Gasteiger charge is 2.18. The number of para-hydroxylation sites is 1. The van der Waals surface area contributed by atoms with Crippen LogP contribution in [0.15, 0.2) is 36.5 Å². The third-order valence-electron chi connectivity index (χ3n) is 3.69. The third-order valence-corrected chi connectivity index (χ3v) is 3.69. The molecule has 0 fully saturated rings. The van der Waals surface area contributed by atoms with Gasteiger partial charge in [-0.1, -0.05) is 6.07 Å². The van der Waals surface area contributed by atoms with Gasteiger partial charge >= 0.3 is 0 Å². The van der Waals surface area contributed by atoms with E-state index in [4.69, 9.17) is 0 Å². The molecular formula is C17H14F2N4O2. The lowest BCUT2D eigenvalue weighted by atomic mass is 10.1. The number of hydrogen-bond donors (Lipinski definition) is 2. The van der Waals surface area contributed by atoms with E-state index in [-0.39, 0.29) is 11.6 Å². The number of anilines is 1. The van der Waals surface area contributed by atoms with Crippen LogP contribution in [0.5, 0.6) is 5.88 Å². The summed E-state index contributed by atoms with van der Waals surface area (Å²) in [5.74, 6) is -2.60. The minimum atomic E-state index is -0.872. The van der Waals surface area contributed by atoms with Crippen LogP contribution in [0, 0.1) is 18.6 Å². The van der Waals surface area contributed by atoms with Crippen molar-refractivity contribution in [3.8, 4) is 17.1 Å². The Morgan fingerprint density at radius 1 is 1.24 bits per heavy atom. The second-order valence-electron chi connectivity index (χ2n) is 5.45. The lowest BCUT2D eigenvalue weighted by Gasteiger charge is -2.05. The summed E-state index contributed by atoms with van der Waals surface area (Å²) in [6, 6.07) is 6.27. The summed E-state index contributed by atoms with van der Waals surface area (Å²) in [5.41, 5.74) is 1.45. The van der Waals surface area contributed by atoms with Crippen molar-refractivity contribution in [1.82, 2.24) is 14.8 Å². The molecule has 6 nitrogen and oxygen atoms in total. The average molecular weight is 344 g/mol. The molecule has 8 heteroatoms. The highest BCUT2D eigenvalue weighted by atomic mass is 19.1. The van der Waals surface area contributed by atoms with Gasteiger partial charge in [0.25, 0.3) is 5.91 Å². The lowest BCUT2D eigenvalue weighted by Crippen LogP contribution is -2.15. The maximum absolute atomic E-state index is 13.7. The fraction of sp³-hybridized carbons (Fsp3) is 0.118. The molecule has 3 rings (SSSR count). The number of aryl methyl sites for hydroxylation is 2. The Hall–Kier alpha value is -3.29. The van der Waals surface area contributed by atoms with Gasteiger partial charge in [0.2, 0.25) is 5.88 Å². The van der Waals surface area contributed by atoms with E-state index < -0.39 is 23.2 Å². The van der Waals surface area contributed by atoms with E-state index in [2.05, 4.69) is 15.4 Å². The van der Waals surface area contributed by atoms with E-state index in [1.54, 1.807) is 14.0 Å². The van der Waals surface area contributed by atoms with Gasteiger partial charge in [-0.2, -0.15) is 5.10 Å². The maximum Gasteiger partial charge on any atom is 0.276 e. The van der Waals surface area contributed by atoms with E-state index in [1.807, 2.05) is 0 Å². The Labute approximate surface area is 141 Å². The summed E-state index contributed by atoms with van der Waals surface area (Å²) in [5, 5.41) is 15.7. The van der Waals surface area contributed by atoms with Crippen LogP contribution in [-0.4, -0.2) is 25.8 Å². The van der Waals surface area contributed by atoms with Crippen LogP contribution in [0.4, 0.5) is 14.5 Å². The van der Waals surface area contributed by atoms with E-state index in [9.17, 15) is 18.7 Å². The minimum Gasteiger partial charge on any atom is -0.493 e. The number of nitrogens with one attached hydrogen (secondary N) is 1. The SMILES string of the molecule is Cc1cc(O)ncc1-c1cc(C(=O)Nc2c(F)cccc2F)nn1C. The first-order chi connectivity index (χ1) is 11.9. The van der Waals surface area contributed by atoms with Crippen molar-refractivity contribution in [2.75, 3.05) is 5.32 Å². The van der Waals surface area contributed by atoms with Crippen molar-refractivity contribution in [3.63, 3.8) is 0 Å². The summed E-state index contributed by atoms with van der Waals surface area (Å²) in [6.45, 7) is 1.78. The number of aromatic hydroxyl groups is 1. The van der Waals surface area contributed by atoms with Crippen LogP contribution in [-0.2, 0) is 7.05 Å². The van der Waals surface area contributed by atoms with Gasteiger partial charge < -0.3 is 10.4 Å². The number of pyridine rings is 1. The molecule has 0 saturated carbocycles. The highest BCUT2D eigenvalue weighted by molar-refractivity contribution is 6.03. The Bertz CT molecular complexity index is 949. The molecule has 0 radical (unpaired) electrons. The smallest absolute Gasteiger partial charge is 0.276 e. The predicted molar refractivity (Wildman–Crippen MR) is 87.2 cm³/mol. The lowest BCUT2D eigenvalue weighted by molar-refractivity contribution is 0.102. The second-order valence-corrected chi connectivity index (χ2v) is 5.45. The fourth-order valence-corrected chi connectivity index (χ4v) is 2.43. The van der Waals surface area contributed by atoms with Crippen molar-refractivity contribution in [2.45, 2.75) is 6.92 Å². The molecular weight excluding hydrogens is 330 g/mol. The van der Waals surface area contributed by atoms with Crippen LogP contribution in [0.25, 0.3) is 11.3 Å². The number of benzene rings is 1. The molecule has 1 amide bonds. The van der Waals surface area contributed by atoms with Crippen molar-refractivity contribution in [2.24, 2.45) is 7.05 Å². The zero-order valence-corrected chi connectivity index (χ0v) is 13.4. The van der Waals surface area contributed by atoms with Gasteiger partial charge in [-0.15, -0.1) is 0 Å².